The lowest BCUT2D eigenvalue weighted by Gasteiger charge is -2.13. The van der Waals surface area contributed by atoms with Crippen molar-refractivity contribution in [3.05, 3.63) is 65.3 Å². The third-order valence-electron chi connectivity index (χ3n) is 4.70. The molecule has 1 aromatic carbocycles. The minimum atomic E-state index is 0.703. The van der Waals surface area contributed by atoms with Crippen LogP contribution in [0.25, 0.3) is 22.2 Å². The van der Waals surface area contributed by atoms with Crippen molar-refractivity contribution in [2.45, 2.75) is 0 Å². The van der Waals surface area contributed by atoms with Gasteiger partial charge in [0.2, 0.25) is 0 Å². The van der Waals surface area contributed by atoms with E-state index in [1.807, 2.05) is 24.4 Å². The van der Waals surface area contributed by atoms with Gasteiger partial charge in [0.15, 0.2) is 0 Å². The summed E-state index contributed by atoms with van der Waals surface area (Å²) in [5.41, 5.74) is 5.83. The molecule has 3 aromatic heterocycles. The number of rotatable bonds is 5. The Labute approximate surface area is 165 Å². The number of hydrogen-bond acceptors (Lipinski definition) is 6. The van der Waals surface area contributed by atoms with E-state index >= 15 is 0 Å². The quantitative estimate of drug-likeness (QED) is 0.516. The van der Waals surface area contributed by atoms with Crippen molar-refractivity contribution in [1.29, 1.82) is 0 Å². The highest BCUT2D eigenvalue weighted by atomic mass is 32.1. The molecule has 138 valence electrons. The molecule has 7 heteroatoms. The van der Waals surface area contributed by atoms with Gasteiger partial charge in [0.1, 0.15) is 23.5 Å². The van der Waals surface area contributed by atoms with Crippen LogP contribution in [-0.4, -0.2) is 34.3 Å². The second kappa shape index (κ2) is 6.94. The molecule has 0 radical (unpaired) electrons. The number of hydrogen-bond donors (Lipinski definition) is 2. The second-order valence-corrected chi connectivity index (χ2v) is 7.11. The van der Waals surface area contributed by atoms with Gasteiger partial charge in [-0.2, -0.15) is 11.3 Å². The Morgan fingerprint density at radius 3 is 2.93 bits per heavy atom. The van der Waals surface area contributed by atoms with E-state index in [1.165, 1.54) is 5.56 Å². The fraction of sp³-hybridized carbons (Fsp3) is 0.0952. The number of fused-ring (bicyclic) bond motifs is 1. The van der Waals surface area contributed by atoms with Gasteiger partial charge in [-0.05, 0) is 46.2 Å². The first-order valence-electron chi connectivity index (χ1n) is 8.84. The van der Waals surface area contributed by atoms with Crippen LogP contribution in [0.3, 0.4) is 0 Å². The van der Waals surface area contributed by atoms with Crippen molar-refractivity contribution in [3.63, 3.8) is 0 Å². The summed E-state index contributed by atoms with van der Waals surface area (Å²) < 4.78 is 5.57. The maximum Gasteiger partial charge on any atom is 0.144 e. The Bertz CT molecular complexity index is 1210. The van der Waals surface area contributed by atoms with E-state index in [0.29, 0.717) is 12.4 Å². The van der Waals surface area contributed by atoms with E-state index in [9.17, 15) is 0 Å². The molecule has 0 fully saturated rings. The standard InChI is InChI=1S/C21H17N5OS/c1-27-18-5-4-13(14-6-8-28-11-14)9-17(18)26-21-19-15(16-3-2-7-22-16)10-23-20(19)24-12-25-21/h2-6,8-12H,7H2,1H3,(H2,23,24,25,26). The van der Waals surface area contributed by atoms with Crippen molar-refractivity contribution in [2.75, 3.05) is 19.0 Å². The van der Waals surface area contributed by atoms with Crippen LogP contribution in [0.1, 0.15) is 5.56 Å². The highest BCUT2D eigenvalue weighted by Gasteiger charge is 2.17. The lowest BCUT2D eigenvalue weighted by Crippen LogP contribution is -2.01. The van der Waals surface area contributed by atoms with Crippen molar-refractivity contribution in [2.24, 2.45) is 4.99 Å². The minimum absolute atomic E-state index is 0.703. The predicted octanol–water partition coefficient (Wildman–Crippen LogP) is 4.80. The zero-order chi connectivity index (χ0) is 18.9. The molecule has 6 nitrogen and oxygen atoms in total. The Morgan fingerprint density at radius 1 is 1.18 bits per heavy atom. The summed E-state index contributed by atoms with van der Waals surface area (Å²) in [5, 5.41) is 8.56. The number of nitrogens with zero attached hydrogens (tertiary/aromatic N) is 3. The monoisotopic (exact) mass is 387 g/mol. The molecule has 1 aliphatic heterocycles. The topological polar surface area (TPSA) is 75.2 Å². The number of thiophene rings is 1. The molecule has 5 rings (SSSR count). The van der Waals surface area contributed by atoms with Gasteiger partial charge < -0.3 is 15.0 Å². The highest BCUT2D eigenvalue weighted by Crippen LogP contribution is 2.35. The fourth-order valence-corrected chi connectivity index (χ4v) is 4.01. The number of nitrogens with one attached hydrogen (secondary N) is 2. The molecule has 0 aliphatic carbocycles. The summed E-state index contributed by atoms with van der Waals surface area (Å²) in [6, 6.07) is 8.21. The number of allylic oxidation sites excluding steroid dienone is 1. The van der Waals surface area contributed by atoms with Gasteiger partial charge in [0, 0.05) is 11.8 Å². The van der Waals surface area contributed by atoms with Crippen LogP contribution >= 0.6 is 11.3 Å². The van der Waals surface area contributed by atoms with Gasteiger partial charge in [0.05, 0.1) is 30.4 Å². The summed E-state index contributed by atoms with van der Waals surface area (Å²) >= 11 is 1.68. The first-order chi connectivity index (χ1) is 13.8. The summed E-state index contributed by atoms with van der Waals surface area (Å²) in [6.07, 6.45) is 7.54. The van der Waals surface area contributed by atoms with Crippen LogP contribution in [0, 0.1) is 0 Å². The second-order valence-electron chi connectivity index (χ2n) is 6.33. The van der Waals surface area contributed by atoms with Gasteiger partial charge >= 0.3 is 0 Å². The number of aliphatic imine (C=N–C) groups is 1. The van der Waals surface area contributed by atoms with Crippen molar-refractivity contribution >= 4 is 39.6 Å². The van der Waals surface area contributed by atoms with E-state index in [-0.39, 0.29) is 0 Å². The SMILES string of the molecule is COc1ccc(-c2ccsc2)cc1Nc1ncnc2[nH]cc(C3=NCC=C3)c12. The van der Waals surface area contributed by atoms with Crippen LogP contribution in [0.15, 0.2) is 64.7 Å². The first-order valence-corrected chi connectivity index (χ1v) is 9.79. The summed E-state index contributed by atoms with van der Waals surface area (Å²) in [5.74, 6) is 1.46. The lowest BCUT2D eigenvalue weighted by atomic mass is 10.1. The van der Waals surface area contributed by atoms with Crippen LogP contribution in [0.2, 0.25) is 0 Å². The number of aromatic nitrogens is 3. The van der Waals surface area contributed by atoms with Crippen LogP contribution < -0.4 is 10.1 Å². The minimum Gasteiger partial charge on any atom is -0.495 e. The zero-order valence-electron chi connectivity index (χ0n) is 15.1. The van der Waals surface area contributed by atoms with Gasteiger partial charge in [-0.25, -0.2) is 9.97 Å². The number of aromatic amines is 1. The van der Waals surface area contributed by atoms with Gasteiger partial charge in [-0.1, -0.05) is 12.1 Å². The predicted molar refractivity (Wildman–Crippen MR) is 114 cm³/mol. The zero-order valence-corrected chi connectivity index (χ0v) is 16.0. The molecule has 28 heavy (non-hydrogen) atoms. The summed E-state index contributed by atoms with van der Waals surface area (Å²) in [7, 11) is 1.67. The average Bonchev–Trinajstić information content (AvgIpc) is 3.49. The van der Waals surface area contributed by atoms with E-state index in [1.54, 1.807) is 24.8 Å². The Hall–Kier alpha value is -3.45. The smallest absolute Gasteiger partial charge is 0.144 e. The molecule has 4 aromatic rings. The third kappa shape index (κ3) is 2.86. The van der Waals surface area contributed by atoms with Gasteiger partial charge in [-0.3, -0.25) is 4.99 Å². The summed E-state index contributed by atoms with van der Waals surface area (Å²) in [4.78, 5) is 16.6. The van der Waals surface area contributed by atoms with Crippen LogP contribution in [0.5, 0.6) is 5.75 Å². The van der Waals surface area contributed by atoms with Crippen molar-refractivity contribution < 1.29 is 4.74 Å². The molecule has 2 N–H and O–H groups in total. The lowest BCUT2D eigenvalue weighted by molar-refractivity contribution is 0.417. The Kier molecular flexibility index (Phi) is 4.14. The molecule has 0 saturated carbocycles. The van der Waals surface area contributed by atoms with Crippen molar-refractivity contribution in [3.8, 4) is 16.9 Å². The molecule has 0 amide bonds. The van der Waals surface area contributed by atoms with Crippen LogP contribution in [0.4, 0.5) is 11.5 Å². The molecule has 0 saturated heterocycles. The van der Waals surface area contributed by atoms with E-state index in [4.69, 9.17) is 4.74 Å². The Balaban J connectivity index is 1.61. The number of H-pyrrole nitrogens is 1. The molecule has 0 spiro atoms. The normalized spacial score (nSPS) is 13.1. The maximum absolute atomic E-state index is 5.57. The number of anilines is 2. The number of ether oxygens (including phenoxy) is 1. The molecule has 0 atom stereocenters. The largest absolute Gasteiger partial charge is 0.495 e. The molecule has 0 unspecified atom stereocenters. The molecule has 4 heterocycles. The maximum atomic E-state index is 5.57. The van der Waals surface area contributed by atoms with E-state index in [0.717, 1.165) is 39.3 Å². The van der Waals surface area contributed by atoms with Crippen molar-refractivity contribution in [1.82, 2.24) is 15.0 Å². The third-order valence-corrected chi connectivity index (χ3v) is 5.38. The first kappa shape index (κ1) is 16.7. The van der Waals surface area contributed by atoms with Gasteiger partial charge in [-0.15, -0.1) is 0 Å². The fourth-order valence-electron chi connectivity index (χ4n) is 3.34. The Morgan fingerprint density at radius 2 is 2.14 bits per heavy atom. The van der Waals surface area contributed by atoms with E-state index in [2.05, 4.69) is 54.2 Å². The van der Waals surface area contributed by atoms with Gasteiger partial charge in [0.25, 0.3) is 0 Å². The molecular formula is C21H17N5OS. The number of methoxy groups -OCH3 is 1. The molecular weight excluding hydrogens is 370 g/mol. The molecule has 0 bridgehead atoms. The highest BCUT2D eigenvalue weighted by molar-refractivity contribution is 7.08. The number of benzene rings is 1. The van der Waals surface area contributed by atoms with Crippen LogP contribution in [-0.2, 0) is 0 Å². The van der Waals surface area contributed by atoms with E-state index < -0.39 is 0 Å². The average molecular weight is 387 g/mol. The summed E-state index contributed by atoms with van der Waals surface area (Å²) in [6.45, 7) is 0.703. The molecule has 1 aliphatic rings.